The highest BCUT2D eigenvalue weighted by molar-refractivity contribution is 5.93. The van der Waals surface area contributed by atoms with E-state index in [1.54, 1.807) is 11.1 Å². The van der Waals surface area contributed by atoms with Crippen LogP contribution in [0.4, 0.5) is 11.4 Å². The van der Waals surface area contributed by atoms with Crippen molar-refractivity contribution in [2.75, 3.05) is 18.4 Å². The molecule has 2 rings (SSSR count). The molecule has 0 aliphatic heterocycles. The van der Waals surface area contributed by atoms with Crippen molar-refractivity contribution < 1.29 is 4.79 Å². The van der Waals surface area contributed by atoms with Gasteiger partial charge in [0.2, 0.25) is 0 Å². The molecule has 1 aromatic carbocycles. The Morgan fingerprint density at radius 3 is 2.54 bits per heavy atom. The van der Waals surface area contributed by atoms with Gasteiger partial charge in [0, 0.05) is 30.7 Å². The second-order valence-corrected chi connectivity index (χ2v) is 6.23. The van der Waals surface area contributed by atoms with E-state index in [0.29, 0.717) is 24.7 Å². The van der Waals surface area contributed by atoms with Crippen LogP contribution >= 0.6 is 0 Å². The van der Waals surface area contributed by atoms with E-state index < -0.39 is 0 Å². The summed E-state index contributed by atoms with van der Waals surface area (Å²) in [7, 11) is 0. The van der Waals surface area contributed by atoms with Crippen molar-refractivity contribution in [2.45, 2.75) is 40.5 Å². The summed E-state index contributed by atoms with van der Waals surface area (Å²) < 4.78 is 0. The number of hydrogen-bond donors (Lipinski definition) is 1. The molecular weight excluding hydrogens is 298 g/mol. The maximum atomic E-state index is 12.5. The first-order chi connectivity index (χ1) is 11.5. The predicted molar refractivity (Wildman–Crippen MR) is 100 cm³/mol. The van der Waals surface area contributed by atoms with Crippen LogP contribution in [0, 0.1) is 6.92 Å². The summed E-state index contributed by atoms with van der Waals surface area (Å²) in [5.74, 6) is 0.392. The van der Waals surface area contributed by atoms with Crippen LogP contribution in [-0.4, -0.2) is 28.9 Å². The van der Waals surface area contributed by atoms with E-state index in [2.05, 4.69) is 49.3 Å². The van der Waals surface area contributed by atoms with Crippen LogP contribution < -0.4 is 5.32 Å². The Labute approximate surface area is 144 Å². The average molecular weight is 325 g/mol. The topological polar surface area (TPSA) is 45.2 Å². The SMILES string of the molecule is CCN(CC)C(=O)c1cc(Nc2c(C)cccc2C(C)C)ccn1. The monoisotopic (exact) mass is 325 g/mol. The zero-order chi connectivity index (χ0) is 17.7. The fourth-order valence-electron chi connectivity index (χ4n) is 2.78. The van der Waals surface area contributed by atoms with Crippen LogP contribution in [0.5, 0.6) is 0 Å². The molecule has 4 nitrogen and oxygen atoms in total. The molecule has 0 unspecified atom stereocenters. The van der Waals surface area contributed by atoms with Gasteiger partial charge in [-0.05, 0) is 49.9 Å². The van der Waals surface area contributed by atoms with Crippen molar-refractivity contribution in [1.82, 2.24) is 9.88 Å². The van der Waals surface area contributed by atoms with Gasteiger partial charge in [-0.25, -0.2) is 0 Å². The van der Waals surface area contributed by atoms with Crippen LogP contribution in [0.15, 0.2) is 36.5 Å². The molecule has 0 saturated heterocycles. The van der Waals surface area contributed by atoms with Gasteiger partial charge in [0.05, 0.1) is 0 Å². The summed E-state index contributed by atoms with van der Waals surface area (Å²) in [5.41, 5.74) is 4.93. The van der Waals surface area contributed by atoms with E-state index in [9.17, 15) is 4.79 Å². The highest BCUT2D eigenvalue weighted by Crippen LogP contribution is 2.30. The molecule has 1 amide bonds. The number of hydrogen-bond acceptors (Lipinski definition) is 3. The quantitative estimate of drug-likeness (QED) is 0.834. The van der Waals surface area contributed by atoms with Gasteiger partial charge in [0.15, 0.2) is 0 Å². The van der Waals surface area contributed by atoms with Crippen molar-refractivity contribution in [3.05, 3.63) is 53.3 Å². The number of pyridine rings is 1. The van der Waals surface area contributed by atoms with Crippen LogP contribution in [0.2, 0.25) is 0 Å². The molecule has 24 heavy (non-hydrogen) atoms. The molecule has 0 fully saturated rings. The van der Waals surface area contributed by atoms with Crippen LogP contribution in [0.3, 0.4) is 0 Å². The largest absolute Gasteiger partial charge is 0.355 e. The Morgan fingerprint density at radius 2 is 1.92 bits per heavy atom. The maximum Gasteiger partial charge on any atom is 0.272 e. The smallest absolute Gasteiger partial charge is 0.272 e. The number of benzene rings is 1. The molecule has 2 aromatic rings. The zero-order valence-electron chi connectivity index (χ0n) is 15.3. The number of nitrogens with one attached hydrogen (secondary N) is 1. The first-order valence-electron chi connectivity index (χ1n) is 8.59. The molecule has 0 aliphatic carbocycles. The average Bonchev–Trinajstić information content (AvgIpc) is 2.57. The van der Waals surface area contributed by atoms with E-state index in [1.807, 2.05) is 26.0 Å². The van der Waals surface area contributed by atoms with Crippen molar-refractivity contribution in [3.8, 4) is 0 Å². The Morgan fingerprint density at radius 1 is 1.21 bits per heavy atom. The third kappa shape index (κ3) is 3.94. The number of aromatic nitrogens is 1. The fraction of sp³-hybridized carbons (Fsp3) is 0.400. The molecular formula is C20H27N3O. The van der Waals surface area contributed by atoms with E-state index in [4.69, 9.17) is 0 Å². The molecule has 0 saturated carbocycles. The van der Waals surface area contributed by atoms with Crippen LogP contribution in [0.25, 0.3) is 0 Å². The lowest BCUT2D eigenvalue weighted by atomic mass is 9.98. The van der Waals surface area contributed by atoms with Gasteiger partial charge < -0.3 is 10.2 Å². The number of aryl methyl sites for hydroxylation is 1. The number of carbonyl (C=O) groups excluding carboxylic acids is 1. The van der Waals surface area contributed by atoms with Gasteiger partial charge in [-0.3, -0.25) is 9.78 Å². The van der Waals surface area contributed by atoms with Crippen molar-refractivity contribution in [3.63, 3.8) is 0 Å². The van der Waals surface area contributed by atoms with E-state index in [1.165, 1.54) is 11.1 Å². The van der Waals surface area contributed by atoms with Crippen LogP contribution in [0.1, 0.15) is 55.2 Å². The minimum absolute atomic E-state index is 0.0301. The molecule has 0 bridgehead atoms. The first kappa shape index (κ1) is 18.0. The number of anilines is 2. The zero-order valence-corrected chi connectivity index (χ0v) is 15.3. The molecule has 1 N–H and O–H groups in total. The second kappa shape index (κ2) is 7.95. The van der Waals surface area contributed by atoms with E-state index in [-0.39, 0.29) is 5.91 Å². The number of nitrogens with zero attached hydrogens (tertiary/aromatic N) is 2. The standard InChI is InChI=1S/C20H27N3O/c1-6-23(7-2)20(24)18-13-16(11-12-21-18)22-19-15(5)9-8-10-17(19)14(3)4/h8-14H,6-7H2,1-5H3,(H,21,22). The highest BCUT2D eigenvalue weighted by atomic mass is 16.2. The minimum atomic E-state index is -0.0301. The Kier molecular flexibility index (Phi) is 5.96. The first-order valence-corrected chi connectivity index (χ1v) is 8.59. The molecule has 0 aliphatic rings. The van der Waals surface area contributed by atoms with Gasteiger partial charge in [0.1, 0.15) is 5.69 Å². The molecule has 0 radical (unpaired) electrons. The summed E-state index contributed by atoms with van der Waals surface area (Å²) in [6.07, 6.45) is 1.69. The fourth-order valence-corrected chi connectivity index (χ4v) is 2.78. The third-order valence-corrected chi connectivity index (χ3v) is 4.23. The van der Waals surface area contributed by atoms with Gasteiger partial charge in [-0.2, -0.15) is 0 Å². The third-order valence-electron chi connectivity index (χ3n) is 4.23. The summed E-state index contributed by atoms with van der Waals surface area (Å²) in [4.78, 5) is 18.5. The van der Waals surface area contributed by atoms with Gasteiger partial charge >= 0.3 is 0 Å². The van der Waals surface area contributed by atoms with Crippen LogP contribution in [-0.2, 0) is 0 Å². The lowest BCUT2D eigenvalue weighted by molar-refractivity contribution is 0.0767. The summed E-state index contributed by atoms with van der Waals surface area (Å²) in [6.45, 7) is 11.8. The highest BCUT2D eigenvalue weighted by Gasteiger charge is 2.15. The molecule has 4 heteroatoms. The number of carbonyl (C=O) groups is 1. The Balaban J connectivity index is 2.33. The van der Waals surface area contributed by atoms with Crippen molar-refractivity contribution in [2.24, 2.45) is 0 Å². The van der Waals surface area contributed by atoms with Crippen molar-refractivity contribution >= 4 is 17.3 Å². The van der Waals surface area contributed by atoms with Gasteiger partial charge in [0.25, 0.3) is 5.91 Å². The number of para-hydroxylation sites is 1. The molecule has 1 heterocycles. The van der Waals surface area contributed by atoms with Gasteiger partial charge in [-0.15, -0.1) is 0 Å². The molecule has 0 spiro atoms. The second-order valence-electron chi connectivity index (χ2n) is 6.23. The summed E-state index contributed by atoms with van der Waals surface area (Å²) in [6, 6.07) is 10.0. The maximum absolute atomic E-state index is 12.5. The molecule has 0 atom stereocenters. The lowest BCUT2D eigenvalue weighted by Crippen LogP contribution is -2.31. The lowest BCUT2D eigenvalue weighted by Gasteiger charge is -2.19. The predicted octanol–water partition coefficient (Wildman–Crippen LogP) is 4.74. The summed E-state index contributed by atoms with van der Waals surface area (Å²) >= 11 is 0. The minimum Gasteiger partial charge on any atom is -0.355 e. The van der Waals surface area contributed by atoms with Crippen molar-refractivity contribution in [1.29, 1.82) is 0 Å². The normalized spacial score (nSPS) is 10.8. The van der Waals surface area contributed by atoms with E-state index >= 15 is 0 Å². The Bertz CT molecular complexity index is 706. The number of rotatable bonds is 6. The number of amides is 1. The van der Waals surface area contributed by atoms with E-state index in [0.717, 1.165) is 11.4 Å². The Hall–Kier alpha value is -2.36. The summed E-state index contributed by atoms with van der Waals surface area (Å²) in [5, 5.41) is 3.48. The van der Waals surface area contributed by atoms with Gasteiger partial charge in [-0.1, -0.05) is 32.0 Å². The molecule has 128 valence electrons. The molecule has 1 aromatic heterocycles.